The number of allylic oxidation sites excluding steroid dienone is 1. The summed E-state index contributed by atoms with van der Waals surface area (Å²) in [4.78, 5) is 58.4. The van der Waals surface area contributed by atoms with Crippen LogP contribution in [0.3, 0.4) is 0 Å². The van der Waals surface area contributed by atoms with E-state index in [1.165, 1.54) is 9.80 Å². The Morgan fingerprint density at radius 1 is 1.05 bits per heavy atom. The Balaban J connectivity index is 1.44. The van der Waals surface area contributed by atoms with E-state index < -0.39 is 66.1 Å². The van der Waals surface area contributed by atoms with Crippen LogP contribution in [0.5, 0.6) is 0 Å². The number of hydrogen-bond donors (Lipinski definition) is 2. The molecular weight excluding hydrogens is 586 g/mol. The van der Waals surface area contributed by atoms with Gasteiger partial charge in [-0.3, -0.25) is 19.2 Å². The third kappa shape index (κ3) is 5.21. The summed E-state index contributed by atoms with van der Waals surface area (Å²) in [6.07, 6.45) is 6.08. The highest BCUT2D eigenvalue weighted by atomic mass is 35.5. The number of aliphatic hydroxyl groups excluding tert-OH is 1. The largest absolute Gasteiger partial charge is 0.455 e. The highest BCUT2D eigenvalue weighted by Gasteiger charge is 2.74. The molecule has 0 aliphatic carbocycles. The zero-order valence-electron chi connectivity index (χ0n) is 24.2. The Bertz CT molecular complexity index is 1500. The highest BCUT2D eigenvalue weighted by molar-refractivity contribution is 6.30. The molecule has 2 N–H and O–H groups in total. The van der Waals surface area contributed by atoms with Crippen molar-refractivity contribution in [3.8, 4) is 0 Å². The SMILES string of the molecule is C[C@H](CO)N1C(=O)[C@H]2[C@@H]3C(=O)O[C@H](c4ccccc4)CNC(=O)CC/C=C\CN(c4ccc(Cl)cc4)C(=O)[C@H]1[C@@]21C=C[C@@H]3O1. The molecule has 0 unspecified atom stereocenters. The van der Waals surface area contributed by atoms with E-state index in [0.29, 0.717) is 22.7 Å². The molecule has 4 aliphatic heterocycles. The average Bonchev–Trinajstić information content (AvgIpc) is 3.68. The number of amides is 3. The van der Waals surface area contributed by atoms with E-state index in [4.69, 9.17) is 21.1 Å². The first-order chi connectivity index (χ1) is 21.2. The number of fused-ring (bicyclic) bond motifs is 2. The van der Waals surface area contributed by atoms with Crippen molar-refractivity contribution in [1.29, 1.82) is 0 Å². The van der Waals surface area contributed by atoms with Crippen LogP contribution in [0.4, 0.5) is 5.69 Å². The van der Waals surface area contributed by atoms with E-state index in [1.54, 1.807) is 61.5 Å². The molecule has 0 radical (unpaired) electrons. The lowest BCUT2D eigenvalue weighted by Gasteiger charge is -2.37. The van der Waals surface area contributed by atoms with Gasteiger partial charge < -0.3 is 29.7 Å². The minimum Gasteiger partial charge on any atom is -0.455 e. The number of ether oxygens (including phenoxy) is 2. The van der Waals surface area contributed by atoms with Gasteiger partial charge in [-0.1, -0.05) is 66.2 Å². The second-order valence-corrected chi connectivity index (χ2v) is 12.0. The van der Waals surface area contributed by atoms with Crippen LogP contribution in [0, 0.1) is 11.8 Å². The number of anilines is 1. The standard InChI is InChI=1S/C33H34ClN3O7/c1-20(19-38)37-29-31(41)36(23-13-11-22(34)12-14-23)17-7-3-6-10-26(39)35-18-25(21-8-4-2-5-9-21)43-32(42)27-24-15-16-33(29,44-24)28(27)30(37)40/h2-5,7-9,11-16,20,24-25,27-29,38H,6,10,17-19H2,1H3,(H,35,39)/b7-3-/t20-,24+,25+,27-,28-,29+,33-/m1/s1. The van der Waals surface area contributed by atoms with E-state index in [1.807, 2.05) is 24.3 Å². The third-order valence-electron chi connectivity index (χ3n) is 8.87. The van der Waals surface area contributed by atoms with Gasteiger partial charge in [0.05, 0.1) is 31.2 Å². The van der Waals surface area contributed by atoms with Crippen molar-refractivity contribution < 1.29 is 33.8 Å². The summed E-state index contributed by atoms with van der Waals surface area (Å²) in [5.41, 5.74) is -0.208. The van der Waals surface area contributed by atoms with Crippen molar-refractivity contribution in [3.05, 3.63) is 89.5 Å². The Morgan fingerprint density at radius 3 is 2.52 bits per heavy atom. The molecule has 2 saturated heterocycles. The van der Waals surface area contributed by atoms with Gasteiger partial charge in [-0.25, -0.2) is 0 Å². The maximum atomic E-state index is 14.6. The zero-order chi connectivity index (χ0) is 31.0. The Morgan fingerprint density at radius 2 is 1.80 bits per heavy atom. The first kappa shape index (κ1) is 30.1. The predicted octanol–water partition coefficient (Wildman–Crippen LogP) is 2.96. The fourth-order valence-corrected chi connectivity index (χ4v) is 6.86. The van der Waals surface area contributed by atoms with Gasteiger partial charge in [0.1, 0.15) is 23.7 Å². The van der Waals surface area contributed by atoms with Gasteiger partial charge >= 0.3 is 5.97 Å². The van der Waals surface area contributed by atoms with Crippen LogP contribution < -0.4 is 10.2 Å². The molecular formula is C33H34ClN3O7. The first-order valence-electron chi connectivity index (χ1n) is 14.8. The summed E-state index contributed by atoms with van der Waals surface area (Å²) >= 11 is 6.14. The molecule has 2 aromatic carbocycles. The third-order valence-corrected chi connectivity index (χ3v) is 9.12. The van der Waals surface area contributed by atoms with E-state index in [-0.39, 0.29) is 25.4 Å². The van der Waals surface area contributed by atoms with Gasteiger partial charge in [0.2, 0.25) is 11.8 Å². The lowest BCUT2D eigenvalue weighted by Crippen LogP contribution is -2.58. The van der Waals surface area contributed by atoms with Crippen LogP contribution in [0.25, 0.3) is 0 Å². The van der Waals surface area contributed by atoms with E-state index in [2.05, 4.69) is 5.32 Å². The average molecular weight is 620 g/mol. The zero-order valence-corrected chi connectivity index (χ0v) is 24.9. The molecule has 3 amide bonds. The van der Waals surface area contributed by atoms with Gasteiger partial charge in [0.25, 0.3) is 5.91 Å². The molecule has 1 spiro atoms. The van der Waals surface area contributed by atoms with Gasteiger partial charge in [-0.05, 0) is 43.2 Å². The maximum Gasteiger partial charge on any atom is 0.313 e. The number of hydrogen-bond acceptors (Lipinski definition) is 7. The summed E-state index contributed by atoms with van der Waals surface area (Å²) in [6.45, 7) is 1.46. The smallest absolute Gasteiger partial charge is 0.313 e. The van der Waals surface area contributed by atoms with Gasteiger partial charge in [0.15, 0.2) is 0 Å². The molecule has 10 nitrogen and oxygen atoms in total. The number of carbonyl (C=O) groups is 4. The van der Waals surface area contributed by atoms with E-state index in [9.17, 15) is 24.3 Å². The molecule has 0 aromatic heterocycles. The van der Waals surface area contributed by atoms with Gasteiger partial charge in [-0.15, -0.1) is 0 Å². The molecule has 4 aliphatic rings. The number of rotatable bonds is 4. The highest BCUT2D eigenvalue weighted by Crippen LogP contribution is 2.56. The number of carbonyl (C=O) groups excluding carboxylic acids is 4. The summed E-state index contributed by atoms with van der Waals surface area (Å²) in [5.74, 6) is -3.84. The fraction of sp³-hybridized carbons (Fsp3) is 0.394. The number of likely N-dealkylation sites (tertiary alicyclic amines) is 1. The molecule has 6 rings (SSSR count). The van der Waals surface area contributed by atoms with Crippen LogP contribution in [0.15, 0.2) is 78.9 Å². The van der Waals surface area contributed by atoms with Crippen LogP contribution >= 0.6 is 11.6 Å². The number of esters is 1. The van der Waals surface area contributed by atoms with Crippen LogP contribution in [0.2, 0.25) is 5.02 Å². The molecule has 2 aromatic rings. The second kappa shape index (κ2) is 12.2. The van der Waals surface area contributed by atoms with Crippen molar-refractivity contribution in [2.45, 2.75) is 49.7 Å². The van der Waals surface area contributed by atoms with Gasteiger partial charge in [0, 0.05) is 23.7 Å². The van der Waals surface area contributed by atoms with E-state index >= 15 is 0 Å². The van der Waals surface area contributed by atoms with Gasteiger partial charge in [-0.2, -0.15) is 0 Å². The summed E-state index contributed by atoms with van der Waals surface area (Å²) < 4.78 is 12.5. The Kier molecular flexibility index (Phi) is 8.32. The summed E-state index contributed by atoms with van der Waals surface area (Å²) in [6, 6.07) is 13.9. The monoisotopic (exact) mass is 619 g/mol. The Hall–Kier alpha value is -3.99. The minimum atomic E-state index is -1.44. The topological polar surface area (TPSA) is 125 Å². The fourth-order valence-electron chi connectivity index (χ4n) is 6.73. The van der Waals surface area contributed by atoms with Crippen molar-refractivity contribution in [3.63, 3.8) is 0 Å². The van der Waals surface area contributed by atoms with Crippen molar-refractivity contribution in [2.24, 2.45) is 11.8 Å². The number of halogens is 1. The maximum absolute atomic E-state index is 14.6. The van der Waals surface area contributed by atoms with Crippen molar-refractivity contribution in [1.82, 2.24) is 10.2 Å². The molecule has 2 fully saturated rings. The normalized spacial score (nSPS) is 31.9. The predicted molar refractivity (Wildman–Crippen MR) is 161 cm³/mol. The number of nitrogens with one attached hydrogen (secondary N) is 1. The summed E-state index contributed by atoms with van der Waals surface area (Å²) in [5, 5.41) is 13.5. The second-order valence-electron chi connectivity index (χ2n) is 11.6. The number of cyclic esters (lactones) is 1. The minimum absolute atomic E-state index is 0.0509. The quantitative estimate of drug-likeness (QED) is 0.398. The van der Waals surface area contributed by atoms with Crippen molar-refractivity contribution in [2.75, 3.05) is 24.6 Å². The number of nitrogens with zero attached hydrogens (tertiary/aromatic N) is 2. The number of aliphatic hydroxyl groups is 1. The lowest BCUT2D eigenvalue weighted by atomic mass is 9.74. The van der Waals surface area contributed by atoms with Crippen LogP contribution in [-0.4, -0.2) is 77.2 Å². The molecule has 0 saturated carbocycles. The molecule has 230 valence electrons. The van der Waals surface area contributed by atoms with E-state index in [0.717, 1.165) is 0 Å². The van der Waals surface area contributed by atoms with Crippen LogP contribution in [0.1, 0.15) is 31.4 Å². The Labute approximate surface area is 260 Å². The van der Waals surface area contributed by atoms with Crippen molar-refractivity contribution >= 4 is 41.0 Å². The first-order valence-corrected chi connectivity index (χ1v) is 15.2. The van der Waals surface area contributed by atoms with Crippen LogP contribution in [-0.2, 0) is 28.7 Å². The molecule has 11 heteroatoms. The molecule has 7 atom stereocenters. The summed E-state index contributed by atoms with van der Waals surface area (Å²) in [7, 11) is 0. The molecule has 4 heterocycles. The molecule has 44 heavy (non-hydrogen) atoms. The molecule has 5 bridgehead atoms. The lowest BCUT2D eigenvalue weighted by molar-refractivity contribution is -0.160. The number of benzene rings is 2.